The number of esters is 2. The fourth-order valence-electron chi connectivity index (χ4n) is 6.47. The Morgan fingerprint density at radius 2 is 2.03 bits per heavy atom. The number of Topliss-reactive ketones (excluding diaryl/α,β-unsaturated/α-hetero) is 1. The highest BCUT2D eigenvalue weighted by Gasteiger charge is 2.64. The van der Waals surface area contributed by atoms with E-state index in [1.165, 1.54) is 20.3 Å². The van der Waals surface area contributed by atoms with Crippen LogP contribution in [0.3, 0.4) is 0 Å². The molecule has 0 bridgehead atoms. The maximum absolute atomic E-state index is 13.7. The Balaban J connectivity index is 1.81. The summed E-state index contributed by atoms with van der Waals surface area (Å²) < 4.78 is 22.5. The first-order valence-electron chi connectivity index (χ1n) is 10.6. The van der Waals surface area contributed by atoms with Crippen molar-refractivity contribution in [3.05, 3.63) is 34.3 Å². The van der Waals surface area contributed by atoms with Crippen LogP contribution in [-0.4, -0.2) is 54.9 Å². The van der Waals surface area contributed by atoms with E-state index in [0.717, 1.165) is 0 Å². The first kappa shape index (κ1) is 20.5. The summed E-state index contributed by atoms with van der Waals surface area (Å²) in [4.78, 5) is 38.4. The highest BCUT2D eigenvalue weighted by Crippen LogP contribution is 2.62. The molecule has 4 aliphatic rings. The van der Waals surface area contributed by atoms with Crippen molar-refractivity contribution in [2.75, 3.05) is 13.7 Å². The van der Waals surface area contributed by atoms with Gasteiger partial charge in [-0.05, 0) is 37.7 Å². The summed E-state index contributed by atoms with van der Waals surface area (Å²) in [6.07, 6.45) is 0.787. The number of ketones is 1. The smallest absolute Gasteiger partial charge is 0.342 e. The van der Waals surface area contributed by atoms with Crippen molar-refractivity contribution in [2.24, 2.45) is 11.3 Å². The van der Waals surface area contributed by atoms with Gasteiger partial charge in [0.25, 0.3) is 0 Å². The average Bonchev–Trinajstić information content (AvgIpc) is 3.27. The zero-order chi connectivity index (χ0) is 22.3. The number of aliphatic hydroxyl groups is 1. The number of fused-ring (bicyclic) bond motifs is 3. The number of ether oxygens (including phenoxy) is 3. The summed E-state index contributed by atoms with van der Waals surface area (Å²) in [6.45, 7) is 5.28. The SMILES string of the molecule is COC[C@@H]1OC(=O)c2coc3c2[C@]1(C)C1=C(C3=O)[C@H]2CC[C@@H](O)[C@]2(C)C[C@@H]1OC(C)=O. The van der Waals surface area contributed by atoms with Crippen molar-refractivity contribution < 1.29 is 38.1 Å². The lowest BCUT2D eigenvalue weighted by molar-refractivity contribution is -0.149. The zero-order valence-electron chi connectivity index (χ0n) is 18.0. The number of aliphatic hydroxyl groups excluding tert-OH is 1. The minimum Gasteiger partial charge on any atom is -0.460 e. The van der Waals surface area contributed by atoms with Crippen LogP contribution in [0.2, 0.25) is 0 Å². The van der Waals surface area contributed by atoms with E-state index >= 15 is 0 Å². The largest absolute Gasteiger partial charge is 0.460 e. The minimum absolute atomic E-state index is 0.106. The molecule has 1 fully saturated rings. The fourth-order valence-corrected chi connectivity index (χ4v) is 6.47. The van der Waals surface area contributed by atoms with Crippen LogP contribution in [-0.2, 0) is 24.4 Å². The fraction of sp³-hybridized carbons (Fsp3) is 0.609. The monoisotopic (exact) mass is 430 g/mol. The molecule has 0 aromatic carbocycles. The second-order valence-electron chi connectivity index (χ2n) is 9.52. The van der Waals surface area contributed by atoms with Gasteiger partial charge in [-0.15, -0.1) is 0 Å². The lowest BCUT2D eigenvalue weighted by Crippen LogP contribution is -2.57. The van der Waals surface area contributed by atoms with Gasteiger partial charge in [-0.1, -0.05) is 6.92 Å². The van der Waals surface area contributed by atoms with E-state index in [0.29, 0.717) is 36.0 Å². The Hall–Kier alpha value is -2.45. The van der Waals surface area contributed by atoms with Gasteiger partial charge in [0.1, 0.15) is 24.0 Å². The van der Waals surface area contributed by atoms with Crippen LogP contribution in [0.4, 0.5) is 0 Å². The number of allylic oxidation sites excluding steroid dienone is 1. The summed E-state index contributed by atoms with van der Waals surface area (Å²) in [6, 6.07) is 0. The number of carbonyl (C=O) groups is 3. The standard InChI is InChI=1S/C23H26O8/c1-10(24)30-13-7-22(2)12(5-6-14(22)25)16-18(13)23(3)15(9-28-4)31-21(27)11-8-29-20(17(11)23)19(16)26/h8,12-15,25H,5-7,9H2,1-4H3/t12-,13+,14-,15+,22-,23-/m1/s1. The molecule has 1 aromatic rings. The number of hydrogen-bond donors (Lipinski definition) is 1. The van der Waals surface area contributed by atoms with Gasteiger partial charge in [-0.3, -0.25) is 9.59 Å². The third-order valence-electron chi connectivity index (χ3n) is 7.93. The Bertz CT molecular complexity index is 1030. The van der Waals surface area contributed by atoms with Crippen LogP contribution >= 0.6 is 0 Å². The van der Waals surface area contributed by atoms with Crippen LogP contribution < -0.4 is 0 Å². The molecule has 1 N–H and O–H groups in total. The van der Waals surface area contributed by atoms with Crippen LogP contribution in [0.5, 0.6) is 0 Å². The van der Waals surface area contributed by atoms with E-state index in [9.17, 15) is 19.5 Å². The molecule has 0 amide bonds. The van der Waals surface area contributed by atoms with E-state index in [1.807, 2.05) is 13.8 Å². The molecular weight excluding hydrogens is 404 g/mol. The Kier molecular flexibility index (Phi) is 4.31. The summed E-state index contributed by atoms with van der Waals surface area (Å²) in [7, 11) is 1.51. The summed E-state index contributed by atoms with van der Waals surface area (Å²) in [5, 5.41) is 10.8. The van der Waals surface area contributed by atoms with Gasteiger partial charge in [-0.2, -0.15) is 0 Å². The third kappa shape index (κ3) is 2.46. The molecule has 1 aromatic heterocycles. The Morgan fingerprint density at radius 1 is 1.29 bits per heavy atom. The molecule has 166 valence electrons. The van der Waals surface area contributed by atoms with Gasteiger partial charge in [0, 0.05) is 30.6 Å². The first-order chi connectivity index (χ1) is 14.6. The van der Waals surface area contributed by atoms with Gasteiger partial charge in [0.05, 0.1) is 18.1 Å². The van der Waals surface area contributed by atoms with Gasteiger partial charge in [0.2, 0.25) is 5.78 Å². The van der Waals surface area contributed by atoms with Gasteiger partial charge in [-0.25, -0.2) is 4.79 Å². The van der Waals surface area contributed by atoms with Crippen molar-refractivity contribution in [1.82, 2.24) is 0 Å². The quantitative estimate of drug-likeness (QED) is 0.727. The number of furan rings is 1. The number of rotatable bonds is 3. The lowest BCUT2D eigenvalue weighted by Gasteiger charge is -2.52. The summed E-state index contributed by atoms with van der Waals surface area (Å²) in [5.74, 6) is -1.43. The van der Waals surface area contributed by atoms with E-state index < -0.39 is 41.1 Å². The van der Waals surface area contributed by atoms with Crippen LogP contribution in [0.25, 0.3) is 0 Å². The molecule has 0 spiro atoms. The van der Waals surface area contributed by atoms with Gasteiger partial charge < -0.3 is 23.7 Å². The molecule has 2 heterocycles. The van der Waals surface area contributed by atoms with Crippen LogP contribution in [0, 0.1) is 11.3 Å². The molecule has 3 aliphatic carbocycles. The molecule has 31 heavy (non-hydrogen) atoms. The molecule has 1 aliphatic heterocycles. The highest BCUT2D eigenvalue weighted by molar-refractivity contribution is 6.13. The molecule has 5 rings (SSSR count). The van der Waals surface area contributed by atoms with Gasteiger partial charge in [0.15, 0.2) is 5.76 Å². The number of cyclic esters (lactones) is 1. The highest BCUT2D eigenvalue weighted by atomic mass is 16.6. The average molecular weight is 430 g/mol. The molecular formula is C23H26O8. The molecule has 6 atom stereocenters. The van der Waals surface area contributed by atoms with E-state index in [2.05, 4.69) is 0 Å². The summed E-state index contributed by atoms with van der Waals surface area (Å²) in [5.41, 5.74) is 0.292. The third-order valence-corrected chi connectivity index (χ3v) is 7.93. The maximum atomic E-state index is 13.7. The zero-order valence-corrected chi connectivity index (χ0v) is 18.0. The molecule has 1 saturated carbocycles. The minimum atomic E-state index is -0.959. The first-order valence-corrected chi connectivity index (χ1v) is 10.6. The Labute approximate surface area is 179 Å². The molecule has 0 unspecified atom stereocenters. The lowest BCUT2D eigenvalue weighted by atomic mass is 9.54. The van der Waals surface area contributed by atoms with Crippen LogP contribution in [0.15, 0.2) is 21.8 Å². The number of methoxy groups -OCH3 is 1. The van der Waals surface area contributed by atoms with Crippen LogP contribution in [0.1, 0.15) is 66.5 Å². The second-order valence-corrected chi connectivity index (χ2v) is 9.52. The molecule has 8 heteroatoms. The van der Waals surface area contributed by atoms with E-state index in [1.54, 1.807) is 0 Å². The predicted octanol–water partition coefficient (Wildman–Crippen LogP) is 2.33. The van der Waals surface area contributed by atoms with Gasteiger partial charge >= 0.3 is 11.9 Å². The number of carbonyl (C=O) groups excluding carboxylic acids is 3. The normalized spacial score (nSPS) is 38.4. The van der Waals surface area contributed by atoms with E-state index in [4.69, 9.17) is 18.6 Å². The molecule has 0 radical (unpaired) electrons. The topological polar surface area (TPSA) is 112 Å². The van der Waals surface area contributed by atoms with Crippen molar-refractivity contribution >= 4 is 17.7 Å². The molecule has 8 nitrogen and oxygen atoms in total. The van der Waals surface area contributed by atoms with Crippen molar-refractivity contribution in [3.8, 4) is 0 Å². The predicted molar refractivity (Wildman–Crippen MR) is 106 cm³/mol. The van der Waals surface area contributed by atoms with Crippen molar-refractivity contribution in [2.45, 2.75) is 63.8 Å². The van der Waals surface area contributed by atoms with Crippen molar-refractivity contribution in [3.63, 3.8) is 0 Å². The van der Waals surface area contributed by atoms with E-state index in [-0.39, 0.29) is 29.6 Å². The second kappa shape index (κ2) is 6.53. The summed E-state index contributed by atoms with van der Waals surface area (Å²) >= 11 is 0. The number of hydrogen-bond acceptors (Lipinski definition) is 8. The molecule has 0 saturated heterocycles. The van der Waals surface area contributed by atoms with Crippen molar-refractivity contribution in [1.29, 1.82) is 0 Å². The maximum Gasteiger partial charge on any atom is 0.342 e. The Morgan fingerprint density at radius 3 is 2.71 bits per heavy atom.